The molecule has 1 saturated heterocycles. The molecule has 0 radical (unpaired) electrons. The fraction of sp³-hybridized carbons (Fsp3) is 0.541. The number of hydrogen-bond donors (Lipinski definition) is 3. The van der Waals surface area contributed by atoms with Gasteiger partial charge in [-0.05, 0) is 70.1 Å². The lowest BCUT2D eigenvalue weighted by molar-refractivity contribution is -0.141. The maximum absolute atomic E-state index is 14.5. The highest BCUT2D eigenvalue weighted by Crippen LogP contribution is 2.45. The zero-order valence-electron chi connectivity index (χ0n) is 30.4. The van der Waals surface area contributed by atoms with Crippen molar-refractivity contribution in [3.8, 4) is 5.88 Å². The maximum atomic E-state index is 14.5. The third kappa shape index (κ3) is 7.88. The average Bonchev–Trinajstić information content (AvgIpc) is 3.92. The van der Waals surface area contributed by atoms with Crippen LogP contribution in [0.15, 0.2) is 53.8 Å². The molecule has 3 aliphatic rings. The molecule has 3 heterocycles. The fourth-order valence-electron chi connectivity index (χ4n) is 6.76. The number of alkyl carbamates (subject to hydrolysis) is 1. The number of carbonyl (C=O) groups excluding carboxylic acids is 4. The first-order valence-corrected chi connectivity index (χ1v) is 19.1. The number of ether oxygens (including phenoxy) is 2. The summed E-state index contributed by atoms with van der Waals surface area (Å²) in [5, 5.41) is 7.22. The number of nitrogens with one attached hydrogen (secondary N) is 3. The van der Waals surface area contributed by atoms with E-state index < -0.39 is 79.7 Å². The minimum absolute atomic E-state index is 0.0180. The summed E-state index contributed by atoms with van der Waals surface area (Å²) in [7, 11) is -3.90. The number of pyridine rings is 1. The van der Waals surface area contributed by atoms with Crippen molar-refractivity contribution in [3.63, 3.8) is 0 Å². The van der Waals surface area contributed by atoms with Gasteiger partial charge in [-0.3, -0.25) is 19.1 Å². The molecule has 4 amide bonds. The number of furan rings is 1. The number of aromatic nitrogens is 1. The Morgan fingerprint density at radius 1 is 1.10 bits per heavy atom. The lowest BCUT2D eigenvalue weighted by atomic mass is 9.87. The van der Waals surface area contributed by atoms with E-state index in [4.69, 9.17) is 13.9 Å². The van der Waals surface area contributed by atoms with Gasteiger partial charge in [0.25, 0.3) is 5.91 Å². The van der Waals surface area contributed by atoms with Crippen LogP contribution >= 0.6 is 0 Å². The van der Waals surface area contributed by atoms with Crippen LogP contribution in [0.5, 0.6) is 5.88 Å². The van der Waals surface area contributed by atoms with Crippen molar-refractivity contribution >= 4 is 55.6 Å². The lowest BCUT2D eigenvalue weighted by Crippen LogP contribution is -2.58. The molecule has 1 aliphatic heterocycles. The van der Waals surface area contributed by atoms with Gasteiger partial charge in [-0.25, -0.2) is 18.2 Å². The fourth-order valence-corrected chi connectivity index (χ4v) is 8.13. The monoisotopic (exact) mass is 737 g/mol. The summed E-state index contributed by atoms with van der Waals surface area (Å²) in [5.74, 6) is -2.30. The summed E-state index contributed by atoms with van der Waals surface area (Å²) in [6.45, 7) is 14.6. The average molecular weight is 738 g/mol. The number of nitrogens with zero attached hydrogens (tertiary/aromatic N) is 2. The van der Waals surface area contributed by atoms with Crippen molar-refractivity contribution in [2.45, 2.75) is 108 Å². The Morgan fingerprint density at radius 2 is 1.83 bits per heavy atom. The van der Waals surface area contributed by atoms with Crippen LogP contribution in [0.1, 0.15) is 73.6 Å². The van der Waals surface area contributed by atoms with E-state index >= 15 is 0 Å². The van der Waals surface area contributed by atoms with Gasteiger partial charge < -0.3 is 29.4 Å². The number of hydrogen-bond acceptors (Lipinski definition) is 10. The lowest BCUT2D eigenvalue weighted by Gasteiger charge is -2.32. The van der Waals surface area contributed by atoms with Crippen LogP contribution < -0.4 is 20.1 Å². The van der Waals surface area contributed by atoms with Crippen LogP contribution in [0.4, 0.5) is 4.79 Å². The Hall–Kier alpha value is -4.66. The highest BCUT2D eigenvalue weighted by molar-refractivity contribution is 7.91. The number of amides is 4. The number of carbonyl (C=O) groups is 4. The molecule has 3 fully saturated rings. The first-order valence-electron chi connectivity index (χ1n) is 17.5. The zero-order chi connectivity index (χ0) is 37.8. The molecule has 0 spiro atoms. The van der Waals surface area contributed by atoms with Crippen LogP contribution in [0.3, 0.4) is 0 Å². The number of benzene rings is 1. The summed E-state index contributed by atoms with van der Waals surface area (Å²) < 4.78 is 45.1. The third-order valence-corrected chi connectivity index (χ3v) is 11.3. The standard InChI is InChI=1S/C37H47N5O9S/c1-8-22-18-37(22,33(45)41-52(47,48)24-10-11-24)40-30(43)28-17-23(50-31-26-12-9-21-14-16-49-29(21)25(26)13-15-38-31)20-42(28)32(44)27(19-35(2,3)4)39-34(46)51-36(5,6)7/h8-9,12-16,22-24,27-28H,1,10-11,17-20H2,2-7H3,(H,39,46)(H,40,43)(H,41,45)/t22-,23-,27?,28+,37-/m1/s1. The predicted octanol–water partition coefficient (Wildman–Crippen LogP) is 4.33. The number of sulfonamides is 1. The minimum Gasteiger partial charge on any atom is -0.472 e. The molecule has 6 rings (SSSR count). The minimum atomic E-state index is -3.90. The van der Waals surface area contributed by atoms with Gasteiger partial charge in [0.15, 0.2) is 0 Å². The summed E-state index contributed by atoms with van der Waals surface area (Å²) in [6, 6.07) is 5.19. The van der Waals surface area contributed by atoms with E-state index in [1.807, 2.05) is 45.0 Å². The Balaban J connectivity index is 1.30. The van der Waals surface area contributed by atoms with Crippen molar-refractivity contribution in [1.29, 1.82) is 0 Å². The smallest absolute Gasteiger partial charge is 0.408 e. The Labute approximate surface area is 303 Å². The van der Waals surface area contributed by atoms with Gasteiger partial charge in [-0.15, -0.1) is 6.58 Å². The Kier molecular flexibility index (Phi) is 9.56. The van der Waals surface area contributed by atoms with E-state index in [0.717, 1.165) is 10.8 Å². The van der Waals surface area contributed by atoms with Gasteiger partial charge in [0, 0.05) is 34.7 Å². The van der Waals surface area contributed by atoms with Gasteiger partial charge in [0.1, 0.15) is 34.9 Å². The van der Waals surface area contributed by atoms with E-state index in [1.165, 1.54) is 11.0 Å². The van der Waals surface area contributed by atoms with Crippen LogP contribution in [0.25, 0.3) is 21.7 Å². The molecular formula is C37H47N5O9S. The SMILES string of the molecule is C=C[C@@H]1C[C@]1(NC(=O)[C@@H]1C[C@@H](Oc2nccc3c2ccc2ccoc23)CN1C(=O)C(CC(C)(C)C)NC(=O)OC(C)(C)C)C(=O)NS(=O)(=O)C1CC1. The maximum Gasteiger partial charge on any atom is 0.408 e. The van der Waals surface area contributed by atoms with Crippen molar-refractivity contribution < 1.29 is 41.5 Å². The predicted molar refractivity (Wildman–Crippen MR) is 193 cm³/mol. The first kappa shape index (κ1) is 37.1. The molecule has 1 aromatic carbocycles. The van der Waals surface area contributed by atoms with E-state index in [0.29, 0.717) is 23.8 Å². The molecule has 0 bridgehead atoms. The molecule has 1 unspecified atom stereocenters. The first-order chi connectivity index (χ1) is 24.3. The summed E-state index contributed by atoms with van der Waals surface area (Å²) in [6.07, 6.45) is 4.47. The highest BCUT2D eigenvalue weighted by Gasteiger charge is 2.62. The number of likely N-dealkylation sites (tertiary alicyclic amines) is 1. The van der Waals surface area contributed by atoms with Gasteiger partial charge in [0.2, 0.25) is 27.7 Å². The second-order valence-electron chi connectivity index (χ2n) is 16.2. The van der Waals surface area contributed by atoms with E-state index in [9.17, 15) is 27.6 Å². The largest absolute Gasteiger partial charge is 0.472 e. The molecular weight excluding hydrogens is 691 g/mol. The molecule has 2 saturated carbocycles. The number of rotatable bonds is 11. The molecule has 52 heavy (non-hydrogen) atoms. The molecule has 280 valence electrons. The Morgan fingerprint density at radius 3 is 2.46 bits per heavy atom. The molecule has 5 atom stereocenters. The Bertz CT molecular complexity index is 2030. The molecule has 3 N–H and O–H groups in total. The van der Waals surface area contributed by atoms with Gasteiger partial charge in [-0.1, -0.05) is 32.9 Å². The zero-order valence-corrected chi connectivity index (χ0v) is 31.2. The van der Waals surface area contributed by atoms with Crippen molar-refractivity contribution in [1.82, 2.24) is 25.2 Å². The van der Waals surface area contributed by atoms with Gasteiger partial charge in [0.05, 0.1) is 18.1 Å². The molecule has 15 heteroatoms. The quantitative estimate of drug-likeness (QED) is 0.239. The second-order valence-corrected chi connectivity index (χ2v) is 18.2. The molecule has 2 aliphatic carbocycles. The van der Waals surface area contributed by atoms with Crippen LogP contribution in [-0.4, -0.2) is 83.2 Å². The highest BCUT2D eigenvalue weighted by atomic mass is 32.2. The summed E-state index contributed by atoms with van der Waals surface area (Å²) >= 11 is 0. The van der Waals surface area contributed by atoms with Crippen molar-refractivity contribution in [3.05, 3.63) is 49.4 Å². The van der Waals surface area contributed by atoms with Gasteiger partial charge >= 0.3 is 6.09 Å². The van der Waals surface area contributed by atoms with Crippen molar-refractivity contribution in [2.75, 3.05) is 6.54 Å². The van der Waals surface area contributed by atoms with Crippen LogP contribution in [0.2, 0.25) is 0 Å². The van der Waals surface area contributed by atoms with Crippen LogP contribution in [-0.2, 0) is 29.1 Å². The van der Waals surface area contributed by atoms with E-state index in [2.05, 4.69) is 26.9 Å². The normalized spacial score (nSPS) is 23.9. The topological polar surface area (TPSA) is 186 Å². The summed E-state index contributed by atoms with van der Waals surface area (Å²) in [5.41, 5.74) is -2.14. The third-order valence-electron chi connectivity index (χ3n) is 9.50. The molecule has 3 aromatic rings. The van der Waals surface area contributed by atoms with E-state index in [1.54, 1.807) is 33.2 Å². The molecule has 2 aromatic heterocycles. The summed E-state index contributed by atoms with van der Waals surface area (Å²) in [4.78, 5) is 61.0. The van der Waals surface area contributed by atoms with Gasteiger partial charge in [-0.2, -0.15) is 0 Å². The van der Waals surface area contributed by atoms with E-state index in [-0.39, 0.29) is 31.7 Å². The van der Waals surface area contributed by atoms with Crippen molar-refractivity contribution in [2.24, 2.45) is 11.3 Å². The number of fused-ring (bicyclic) bond motifs is 3. The second kappa shape index (κ2) is 13.4. The van der Waals surface area contributed by atoms with Crippen LogP contribution in [0, 0.1) is 11.3 Å². The molecule has 14 nitrogen and oxygen atoms in total.